The number of allylic oxidation sites excluding steroid dienone is 3. The van der Waals surface area contributed by atoms with E-state index in [1.165, 1.54) is 57.1 Å². The molecule has 0 bridgehead atoms. The van der Waals surface area contributed by atoms with E-state index in [2.05, 4.69) is 46.9 Å². The molecule has 0 N–H and O–H groups in total. The van der Waals surface area contributed by atoms with Crippen LogP contribution in [0.1, 0.15) is 79.1 Å². The van der Waals surface area contributed by atoms with Crippen LogP contribution in [0.15, 0.2) is 42.0 Å². The number of nitrogens with zero attached hydrogens (tertiary/aromatic N) is 1. The molecular formula is C26H41N. The lowest BCUT2D eigenvalue weighted by atomic mass is 9.47. The molecule has 6 unspecified atom stereocenters. The Kier molecular flexibility index (Phi) is 6.18. The molecule has 27 heavy (non-hydrogen) atoms. The van der Waals surface area contributed by atoms with Gasteiger partial charge >= 0.3 is 0 Å². The molecule has 150 valence electrons. The molecule has 0 radical (unpaired) electrons. The van der Waals surface area contributed by atoms with Crippen LogP contribution < -0.4 is 0 Å². The molecule has 3 fully saturated rings. The van der Waals surface area contributed by atoms with Crippen LogP contribution in [0.2, 0.25) is 0 Å². The van der Waals surface area contributed by atoms with Gasteiger partial charge in [0.05, 0.1) is 6.54 Å². The quantitative estimate of drug-likeness (QED) is 0.342. The molecule has 0 aromatic carbocycles. The van der Waals surface area contributed by atoms with Gasteiger partial charge in [0, 0.05) is 11.6 Å². The minimum atomic E-state index is 0.386. The summed E-state index contributed by atoms with van der Waals surface area (Å²) in [4.78, 5) is 4.84. The molecule has 3 aliphatic carbocycles. The molecule has 0 aliphatic heterocycles. The third kappa shape index (κ3) is 3.40. The van der Waals surface area contributed by atoms with E-state index in [4.69, 9.17) is 4.99 Å². The Morgan fingerprint density at radius 1 is 1.15 bits per heavy atom. The van der Waals surface area contributed by atoms with Gasteiger partial charge < -0.3 is 0 Å². The maximum Gasteiger partial charge on any atom is 0.0567 e. The fourth-order valence-electron chi connectivity index (χ4n) is 7.61. The second-order valence-corrected chi connectivity index (χ2v) is 9.96. The molecule has 3 aliphatic rings. The predicted octanol–water partition coefficient (Wildman–Crippen LogP) is 7.40. The first-order valence-electron chi connectivity index (χ1n) is 11.4. The van der Waals surface area contributed by atoms with E-state index in [0.29, 0.717) is 16.7 Å². The van der Waals surface area contributed by atoms with Gasteiger partial charge in [-0.15, -0.1) is 6.58 Å². The van der Waals surface area contributed by atoms with Crippen LogP contribution in [-0.2, 0) is 0 Å². The summed E-state index contributed by atoms with van der Waals surface area (Å²) >= 11 is 0. The molecule has 6 atom stereocenters. The van der Waals surface area contributed by atoms with Crippen LogP contribution in [0.5, 0.6) is 0 Å². The molecule has 0 aromatic heterocycles. The number of fused-ring (bicyclic) bond motifs is 3. The Hall–Kier alpha value is -1.11. The summed E-state index contributed by atoms with van der Waals surface area (Å²) in [6.45, 7) is 18.4. The van der Waals surface area contributed by atoms with Crippen molar-refractivity contribution in [2.45, 2.75) is 79.1 Å². The second-order valence-electron chi connectivity index (χ2n) is 9.96. The lowest BCUT2D eigenvalue weighted by Gasteiger charge is -2.57. The Bertz CT molecular complexity index is 626. The van der Waals surface area contributed by atoms with Gasteiger partial charge in [0.2, 0.25) is 0 Å². The highest BCUT2D eigenvalue weighted by molar-refractivity contribution is 5.85. The highest BCUT2D eigenvalue weighted by Gasteiger charge is 2.58. The highest BCUT2D eigenvalue weighted by Crippen LogP contribution is 2.66. The molecule has 0 amide bonds. The van der Waals surface area contributed by atoms with Gasteiger partial charge in [0.1, 0.15) is 0 Å². The Morgan fingerprint density at radius 3 is 2.59 bits per heavy atom. The molecular weight excluding hydrogens is 326 g/mol. The van der Waals surface area contributed by atoms with Crippen molar-refractivity contribution in [1.82, 2.24) is 0 Å². The summed E-state index contributed by atoms with van der Waals surface area (Å²) in [5, 5.41) is 0. The standard InChI is InChI=1S/C26H41N/c1-7-10-20-11-12-21-23-14-13-22(19(4)27-18-9-3)26(23,6)17-15-24(21)25(20,5)16-8-2/h7,9-10,21-24H,1,3,8,11-18H2,2,4-6H3/b20-10-,27-19+. The fourth-order valence-corrected chi connectivity index (χ4v) is 7.61. The van der Waals surface area contributed by atoms with Gasteiger partial charge in [0.25, 0.3) is 0 Å². The van der Waals surface area contributed by atoms with E-state index in [0.717, 1.165) is 24.3 Å². The number of hydrogen-bond donors (Lipinski definition) is 0. The topological polar surface area (TPSA) is 12.4 Å². The number of rotatable bonds is 6. The van der Waals surface area contributed by atoms with E-state index < -0.39 is 0 Å². The van der Waals surface area contributed by atoms with Gasteiger partial charge in [0.15, 0.2) is 0 Å². The van der Waals surface area contributed by atoms with Crippen LogP contribution in [0, 0.1) is 34.5 Å². The highest BCUT2D eigenvalue weighted by atomic mass is 14.8. The zero-order valence-corrected chi connectivity index (χ0v) is 18.3. The van der Waals surface area contributed by atoms with Gasteiger partial charge in [-0.3, -0.25) is 4.99 Å². The van der Waals surface area contributed by atoms with Crippen molar-refractivity contribution in [3.63, 3.8) is 0 Å². The summed E-state index contributed by atoms with van der Waals surface area (Å²) < 4.78 is 0. The first-order chi connectivity index (χ1) is 12.9. The number of hydrogen-bond acceptors (Lipinski definition) is 1. The Morgan fingerprint density at radius 2 is 1.93 bits per heavy atom. The van der Waals surface area contributed by atoms with E-state index in [-0.39, 0.29) is 0 Å². The van der Waals surface area contributed by atoms with Crippen molar-refractivity contribution >= 4 is 5.71 Å². The zero-order chi connectivity index (χ0) is 19.7. The van der Waals surface area contributed by atoms with Crippen molar-refractivity contribution in [2.24, 2.45) is 39.5 Å². The second kappa shape index (κ2) is 8.10. The van der Waals surface area contributed by atoms with Gasteiger partial charge in [-0.05, 0) is 80.5 Å². The van der Waals surface area contributed by atoms with Crippen molar-refractivity contribution in [1.29, 1.82) is 0 Å². The normalized spacial score (nSPS) is 43.3. The summed E-state index contributed by atoms with van der Waals surface area (Å²) in [7, 11) is 0. The molecule has 0 spiro atoms. The van der Waals surface area contributed by atoms with Crippen molar-refractivity contribution in [3.05, 3.63) is 37.0 Å². The van der Waals surface area contributed by atoms with Crippen LogP contribution in [0.4, 0.5) is 0 Å². The Labute approximate surface area is 168 Å². The maximum atomic E-state index is 4.84. The monoisotopic (exact) mass is 367 g/mol. The van der Waals surface area contributed by atoms with Gasteiger partial charge in [-0.1, -0.05) is 57.6 Å². The van der Waals surface area contributed by atoms with E-state index in [1.807, 2.05) is 12.2 Å². The summed E-state index contributed by atoms with van der Waals surface area (Å²) in [5.74, 6) is 3.33. The lowest BCUT2D eigenvalue weighted by molar-refractivity contribution is -0.0408. The summed E-state index contributed by atoms with van der Waals surface area (Å²) in [6.07, 6.45) is 17.1. The van der Waals surface area contributed by atoms with Crippen LogP contribution in [0.25, 0.3) is 0 Å². The summed E-state index contributed by atoms with van der Waals surface area (Å²) in [5.41, 5.74) is 3.92. The predicted molar refractivity (Wildman–Crippen MR) is 119 cm³/mol. The van der Waals surface area contributed by atoms with Gasteiger partial charge in [-0.25, -0.2) is 0 Å². The lowest BCUT2D eigenvalue weighted by Crippen LogP contribution is -2.50. The number of aliphatic imine (C=N–C) groups is 1. The molecule has 0 heterocycles. The average molecular weight is 368 g/mol. The first-order valence-corrected chi connectivity index (χ1v) is 11.4. The van der Waals surface area contributed by atoms with Crippen LogP contribution >= 0.6 is 0 Å². The maximum absolute atomic E-state index is 4.84. The molecule has 0 saturated heterocycles. The van der Waals surface area contributed by atoms with Crippen LogP contribution in [-0.4, -0.2) is 12.3 Å². The third-order valence-electron chi connectivity index (χ3n) is 8.80. The smallest absolute Gasteiger partial charge is 0.0567 e. The average Bonchev–Trinajstić information content (AvgIpc) is 3.00. The minimum Gasteiger partial charge on any atom is -0.290 e. The van der Waals surface area contributed by atoms with E-state index in [1.54, 1.807) is 5.57 Å². The van der Waals surface area contributed by atoms with E-state index >= 15 is 0 Å². The SMILES string of the molecule is C=C/C=C1/CCC2C(CCC3(C)C(/C(C)=N/CC=C)CCC23)C1(C)CCC. The molecule has 3 rings (SSSR count). The van der Waals surface area contributed by atoms with Crippen molar-refractivity contribution in [2.75, 3.05) is 6.54 Å². The molecule has 1 heteroatoms. The van der Waals surface area contributed by atoms with Gasteiger partial charge in [-0.2, -0.15) is 0 Å². The molecule has 3 saturated carbocycles. The Balaban J connectivity index is 1.89. The van der Waals surface area contributed by atoms with Crippen molar-refractivity contribution < 1.29 is 0 Å². The fraction of sp³-hybridized carbons (Fsp3) is 0.731. The first kappa shape index (κ1) is 20.6. The zero-order valence-electron chi connectivity index (χ0n) is 18.3. The van der Waals surface area contributed by atoms with Crippen molar-refractivity contribution in [3.8, 4) is 0 Å². The molecule has 0 aromatic rings. The summed E-state index contributed by atoms with van der Waals surface area (Å²) in [6, 6.07) is 0. The van der Waals surface area contributed by atoms with Crippen LogP contribution in [0.3, 0.4) is 0 Å². The molecule has 1 nitrogen and oxygen atoms in total. The third-order valence-corrected chi connectivity index (χ3v) is 8.80. The van der Waals surface area contributed by atoms with E-state index in [9.17, 15) is 0 Å². The minimum absolute atomic E-state index is 0.386. The largest absolute Gasteiger partial charge is 0.290 e.